The number of aryl methyl sites for hydroxylation is 1. The van der Waals surface area contributed by atoms with Gasteiger partial charge in [0.05, 0.1) is 18.7 Å². The maximum atomic E-state index is 12.7. The lowest BCUT2D eigenvalue weighted by molar-refractivity contribution is 0.403. The van der Waals surface area contributed by atoms with Crippen molar-refractivity contribution in [1.29, 1.82) is 5.26 Å². The van der Waals surface area contributed by atoms with Gasteiger partial charge in [0.15, 0.2) is 0 Å². The number of anilines is 1. The number of sulfonamides is 1. The first-order valence-corrected chi connectivity index (χ1v) is 9.45. The number of methoxy groups -OCH3 is 1. The summed E-state index contributed by atoms with van der Waals surface area (Å²) in [5.41, 5.74) is 3.19. The zero-order valence-electron chi connectivity index (χ0n) is 13.9. The number of nitriles is 1. The molecule has 0 radical (unpaired) electrons. The lowest BCUT2D eigenvalue weighted by Crippen LogP contribution is -2.15. The molecule has 2 aromatic carbocycles. The van der Waals surface area contributed by atoms with Crippen LogP contribution in [-0.4, -0.2) is 22.1 Å². The second-order valence-electron chi connectivity index (χ2n) is 5.85. The van der Waals surface area contributed by atoms with Crippen LogP contribution in [-0.2, 0) is 23.0 Å². The Morgan fingerprint density at radius 1 is 1.20 bits per heavy atom. The molecule has 0 saturated heterocycles. The highest BCUT2D eigenvalue weighted by atomic mass is 32.2. The van der Waals surface area contributed by atoms with E-state index in [1.807, 2.05) is 18.2 Å². The van der Waals surface area contributed by atoms with Crippen molar-refractivity contribution >= 4 is 15.7 Å². The minimum atomic E-state index is -3.82. The van der Waals surface area contributed by atoms with Crippen LogP contribution in [0.15, 0.2) is 41.3 Å². The zero-order chi connectivity index (χ0) is 17.9. The number of hydrogen-bond donors (Lipinski definition) is 2. The average Bonchev–Trinajstić information content (AvgIpc) is 2.85. The average molecular weight is 357 g/mol. The van der Waals surface area contributed by atoms with E-state index < -0.39 is 10.0 Å². The van der Waals surface area contributed by atoms with Crippen molar-refractivity contribution in [3.63, 3.8) is 0 Å². The van der Waals surface area contributed by atoms with Crippen molar-refractivity contribution < 1.29 is 13.2 Å². The Hall–Kier alpha value is -2.56. The molecule has 0 fully saturated rings. The predicted octanol–water partition coefficient (Wildman–Crippen LogP) is 2.40. The van der Waals surface area contributed by atoms with E-state index in [2.05, 4.69) is 10.0 Å². The molecule has 0 bridgehead atoms. The molecule has 0 aliphatic carbocycles. The van der Waals surface area contributed by atoms with Crippen LogP contribution in [0, 0.1) is 11.3 Å². The first-order chi connectivity index (χ1) is 12.0. The van der Waals surface area contributed by atoms with Crippen molar-refractivity contribution in [2.24, 2.45) is 0 Å². The fraction of sp³-hybridized carbons (Fsp3) is 0.278. The molecule has 25 heavy (non-hydrogen) atoms. The molecule has 1 aliphatic heterocycles. The van der Waals surface area contributed by atoms with Gasteiger partial charge < -0.3 is 10.1 Å². The van der Waals surface area contributed by atoms with Gasteiger partial charge in [-0.3, -0.25) is 4.72 Å². The van der Waals surface area contributed by atoms with E-state index in [1.54, 1.807) is 6.07 Å². The van der Waals surface area contributed by atoms with Gasteiger partial charge in [-0.05, 0) is 60.8 Å². The molecule has 3 rings (SSSR count). The van der Waals surface area contributed by atoms with E-state index in [-0.39, 0.29) is 10.6 Å². The first-order valence-electron chi connectivity index (χ1n) is 7.97. The van der Waals surface area contributed by atoms with Crippen molar-refractivity contribution in [3.05, 3.63) is 53.1 Å². The summed E-state index contributed by atoms with van der Waals surface area (Å²) in [6, 6.07) is 11.8. The zero-order valence-corrected chi connectivity index (χ0v) is 14.7. The Kier molecular flexibility index (Phi) is 4.93. The van der Waals surface area contributed by atoms with Crippen LogP contribution >= 0.6 is 0 Å². The van der Waals surface area contributed by atoms with Crippen LogP contribution in [0.25, 0.3) is 0 Å². The van der Waals surface area contributed by atoms with Crippen LogP contribution < -0.4 is 14.8 Å². The Balaban J connectivity index is 1.92. The molecule has 2 N–H and O–H groups in total. The molecule has 7 heteroatoms. The molecular formula is C18H19N3O3S. The lowest BCUT2D eigenvalue weighted by Gasteiger charge is -2.13. The quantitative estimate of drug-likeness (QED) is 0.877. The monoisotopic (exact) mass is 357 g/mol. The molecule has 0 amide bonds. The maximum absolute atomic E-state index is 12.7. The highest BCUT2D eigenvalue weighted by Crippen LogP contribution is 2.28. The summed E-state index contributed by atoms with van der Waals surface area (Å²) in [7, 11) is -2.44. The highest BCUT2D eigenvalue weighted by molar-refractivity contribution is 7.92. The SMILES string of the molecule is COc1cc(C#N)ccc1S(=O)(=O)Nc1ccc2c(c1)CNCCC2. The fourth-order valence-corrected chi connectivity index (χ4v) is 4.10. The van der Waals surface area contributed by atoms with Gasteiger partial charge >= 0.3 is 0 Å². The molecule has 0 aromatic heterocycles. The third-order valence-electron chi connectivity index (χ3n) is 4.16. The topological polar surface area (TPSA) is 91.2 Å². The van der Waals surface area contributed by atoms with Crippen molar-refractivity contribution in [2.45, 2.75) is 24.3 Å². The molecule has 2 aromatic rings. The summed E-state index contributed by atoms with van der Waals surface area (Å²) in [6.07, 6.45) is 2.05. The molecule has 0 atom stereocenters. The van der Waals surface area contributed by atoms with E-state index in [0.717, 1.165) is 31.5 Å². The van der Waals surface area contributed by atoms with Crippen LogP contribution in [0.4, 0.5) is 5.69 Å². The van der Waals surface area contributed by atoms with Gasteiger partial charge in [0.2, 0.25) is 0 Å². The van der Waals surface area contributed by atoms with Crippen molar-refractivity contribution in [1.82, 2.24) is 5.32 Å². The van der Waals surface area contributed by atoms with Crippen LogP contribution in [0.1, 0.15) is 23.1 Å². The number of hydrogen-bond acceptors (Lipinski definition) is 5. The van der Waals surface area contributed by atoms with Crippen molar-refractivity contribution in [2.75, 3.05) is 18.4 Å². The van der Waals surface area contributed by atoms with E-state index in [0.29, 0.717) is 11.3 Å². The Morgan fingerprint density at radius 3 is 2.80 bits per heavy atom. The fourth-order valence-electron chi connectivity index (χ4n) is 2.89. The van der Waals surface area contributed by atoms with Crippen molar-refractivity contribution in [3.8, 4) is 11.8 Å². The minimum absolute atomic E-state index is 0.00191. The summed E-state index contributed by atoms with van der Waals surface area (Å²) in [4.78, 5) is 0.00191. The smallest absolute Gasteiger partial charge is 0.265 e. The highest BCUT2D eigenvalue weighted by Gasteiger charge is 2.20. The Morgan fingerprint density at radius 2 is 2.04 bits per heavy atom. The molecule has 130 valence electrons. The van der Waals surface area contributed by atoms with Crippen LogP contribution in [0.2, 0.25) is 0 Å². The summed E-state index contributed by atoms with van der Waals surface area (Å²) < 4.78 is 33.2. The molecule has 0 saturated carbocycles. The van der Waals surface area contributed by atoms with E-state index in [1.165, 1.54) is 30.9 Å². The summed E-state index contributed by atoms with van der Waals surface area (Å²) >= 11 is 0. The summed E-state index contributed by atoms with van der Waals surface area (Å²) in [5, 5.41) is 12.3. The van der Waals surface area contributed by atoms with Gasteiger partial charge in [0.1, 0.15) is 10.6 Å². The van der Waals surface area contributed by atoms with E-state index in [9.17, 15) is 8.42 Å². The largest absolute Gasteiger partial charge is 0.495 e. The van der Waals surface area contributed by atoms with Crippen LogP contribution in [0.3, 0.4) is 0 Å². The van der Waals surface area contributed by atoms with Gasteiger partial charge in [-0.15, -0.1) is 0 Å². The van der Waals surface area contributed by atoms with Gasteiger partial charge in [-0.25, -0.2) is 8.42 Å². The predicted molar refractivity (Wildman–Crippen MR) is 95.0 cm³/mol. The van der Waals surface area contributed by atoms with Gasteiger partial charge in [0.25, 0.3) is 10.0 Å². The summed E-state index contributed by atoms with van der Waals surface area (Å²) in [6.45, 7) is 1.68. The molecular weight excluding hydrogens is 338 g/mol. The number of rotatable bonds is 4. The Bertz CT molecular complexity index is 933. The standard InChI is InChI=1S/C18H19N3O3S/c1-24-17-9-13(11-19)4-7-18(17)25(22,23)21-16-6-5-14-3-2-8-20-12-15(14)10-16/h4-7,9-10,20-21H,2-3,8,12H2,1H3. The second-order valence-corrected chi connectivity index (χ2v) is 7.50. The normalized spacial score (nSPS) is 14.1. The first kappa shape index (κ1) is 17.3. The van der Waals surface area contributed by atoms with Gasteiger partial charge in [-0.2, -0.15) is 5.26 Å². The van der Waals surface area contributed by atoms with E-state index in [4.69, 9.17) is 10.00 Å². The maximum Gasteiger partial charge on any atom is 0.265 e. The molecule has 1 aliphatic rings. The van der Waals surface area contributed by atoms with Gasteiger partial charge in [-0.1, -0.05) is 6.07 Å². The number of ether oxygens (including phenoxy) is 1. The number of fused-ring (bicyclic) bond motifs is 1. The third-order valence-corrected chi connectivity index (χ3v) is 5.58. The number of benzene rings is 2. The summed E-state index contributed by atoms with van der Waals surface area (Å²) in [5.74, 6) is 0.142. The second kappa shape index (κ2) is 7.13. The minimum Gasteiger partial charge on any atom is -0.495 e. The molecule has 6 nitrogen and oxygen atoms in total. The van der Waals surface area contributed by atoms with E-state index >= 15 is 0 Å². The van der Waals surface area contributed by atoms with Gasteiger partial charge in [0, 0.05) is 12.2 Å². The van der Waals surface area contributed by atoms with Crippen LogP contribution in [0.5, 0.6) is 5.75 Å². The lowest BCUT2D eigenvalue weighted by atomic mass is 10.0. The number of nitrogens with one attached hydrogen (secondary N) is 2. The Labute approximate surface area is 147 Å². The molecule has 0 spiro atoms. The molecule has 1 heterocycles. The third kappa shape index (κ3) is 3.76. The number of nitrogens with zero attached hydrogens (tertiary/aromatic N) is 1. The molecule has 0 unspecified atom stereocenters.